The summed E-state index contributed by atoms with van der Waals surface area (Å²) in [6.07, 6.45) is 1.84. The molecule has 4 heteroatoms. The molecule has 0 amide bonds. The van der Waals surface area contributed by atoms with Crippen molar-refractivity contribution < 1.29 is 4.52 Å². The fraction of sp³-hybridized carbons (Fsp3) is 0.833. The van der Waals surface area contributed by atoms with Gasteiger partial charge in [-0.1, -0.05) is 39.8 Å². The molecule has 0 spiro atoms. The van der Waals surface area contributed by atoms with Gasteiger partial charge in [0.15, 0.2) is 5.82 Å². The van der Waals surface area contributed by atoms with Crippen LogP contribution in [0.4, 0.5) is 0 Å². The topological polar surface area (TPSA) is 64.9 Å². The summed E-state index contributed by atoms with van der Waals surface area (Å²) in [5.41, 5.74) is 5.62. The SMILES string of the molecule is CCC(CC)(CN)c1nc(C(C)(C)C)no1. The van der Waals surface area contributed by atoms with Crippen LogP contribution >= 0.6 is 0 Å². The van der Waals surface area contributed by atoms with Crippen molar-refractivity contribution in [3.63, 3.8) is 0 Å². The molecular weight excluding hydrogens is 202 g/mol. The Bertz CT molecular complexity index is 326. The second-order valence-electron chi connectivity index (χ2n) is 5.36. The van der Waals surface area contributed by atoms with E-state index >= 15 is 0 Å². The standard InChI is InChI=1S/C12H23N3O/c1-6-12(7-2,8-13)10-14-9(15-16-10)11(3,4)5/h6-8,13H2,1-5H3. The summed E-state index contributed by atoms with van der Waals surface area (Å²) in [4.78, 5) is 4.51. The molecule has 0 aliphatic rings. The van der Waals surface area contributed by atoms with E-state index in [1.807, 2.05) is 0 Å². The highest BCUT2D eigenvalue weighted by Gasteiger charge is 2.34. The van der Waals surface area contributed by atoms with Gasteiger partial charge in [-0.2, -0.15) is 4.98 Å². The van der Waals surface area contributed by atoms with E-state index in [4.69, 9.17) is 10.3 Å². The Hall–Kier alpha value is -0.900. The van der Waals surface area contributed by atoms with Crippen LogP contribution in [-0.4, -0.2) is 16.7 Å². The van der Waals surface area contributed by atoms with Crippen molar-refractivity contribution in [2.24, 2.45) is 5.73 Å². The maximum absolute atomic E-state index is 5.85. The van der Waals surface area contributed by atoms with Crippen molar-refractivity contribution in [3.8, 4) is 0 Å². The quantitative estimate of drug-likeness (QED) is 0.854. The molecule has 0 unspecified atom stereocenters. The van der Waals surface area contributed by atoms with Gasteiger partial charge in [0.05, 0.1) is 5.41 Å². The second kappa shape index (κ2) is 4.53. The van der Waals surface area contributed by atoms with Crippen LogP contribution < -0.4 is 5.73 Å². The fourth-order valence-corrected chi connectivity index (χ4v) is 1.67. The molecule has 0 saturated heterocycles. The summed E-state index contributed by atoms with van der Waals surface area (Å²) >= 11 is 0. The lowest BCUT2D eigenvalue weighted by Crippen LogP contribution is -2.34. The fourth-order valence-electron chi connectivity index (χ4n) is 1.67. The van der Waals surface area contributed by atoms with Gasteiger partial charge in [-0.05, 0) is 12.8 Å². The molecule has 0 atom stereocenters. The number of nitrogens with zero attached hydrogens (tertiary/aromatic N) is 2. The van der Waals surface area contributed by atoms with E-state index in [1.165, 1.54) is 0 Å². The van der Waals surface area contributed by atoms with Gasteiger partial charge in [-0.15, -0.1) is 0 Å². The molecule has 0 bridgehead atoms. The molecule has 0 fully saturated rings. The van der Waals surface area contributed by atoms with Gasteiger partial charge >= 0.3 is 0 Å². The summed E-state index contributed by atoms with van der Waals surface area (Å²) in [5, 5.41) is 4.06. The molecule has 2 N–H and O–H groups in total. The maximum Gasteiger partial charge on any atom is 0.234 e. The summed E-state index contributed by atoms with van der Waals surface area (Å²) in [6.45, 7) is 11.0. The van der Waals surface area contributed by atoms with Crippen LogP contribution in [-0.2, 0) is 10.8 Å². The molecule has 1 aromatic heterocycles. The Balaban J connectivity index is 3.09. The normalized spacial score (nSPS) is 13.1. The Labute approximate surface area is 97.6 Å². The average molecular weight is 225 g/mol. The van der Waals surface area contributed by atoms with Crippen molar-refractivity contribution in [2.75, 3.05) is 6.54 Å². The van der Waals surface area contributed by atoms with Crippen LogP contribution in [0.1, 0.15) is 59.2 Å². The third-order valence-corrected chi connectivity index (χ3v) is 3.29. The Kier molecular flexibility index (Phi) is 3.73. The number of rotatable bonds is 4. The Morgan fingerprint density at radius 1 is 1.19 bits per heavy atom. The van der Waals surface area contributed by atoms with E-state index in [-0.39, 0.29) is 10.8 Å². The smallest absolute Gasteiger partial charge is 0.234 e. The monoisotopic (exact) mass is 225 g/mol. The van der Waals surface area contributed by atoms with Gasteiger partial charge in [0.2, 0.25) is 5.89 Å². The molecule has 4 nitrogen and oxygen atoms in total. The molecule has 1 heterocycles. The molecule has 1 aromatic rings. The lowest BCUT2D eigenvalue weighted by atomic mass is 9.82. The molecule has 16 heavy (non-hydrogen) atoms. The van der Waals surface area contributed by atoms with E-state index < -0.39 is 0 Å². The first-order chi connectivity index (χ1) is 7.39. The van der Waals surface area contributed by atoms with Gasteiger partial charge < -0.3 is 10.3 Å². The summed E-state index contributed by atoms with van der Waals surface area (Å²) in [5.74, 6) is 1.44. The first-order valence-corrected chi connectivity index (χ1v) is 5.94. The zero-order valence-corrected chi connectivity index (χ0v) is 11.0. The number of hydrogen-bond donors (Lipinski definition) is 1. The minimum Gasteiger partial charge on any atom is -0.339 e. The molecular formula is C12H23N3O. The van der Waals surface area contributed by atoms with Gasteiger partial charge in [0.25, 0.3) is 0 Å². The highest BCUT2D eigenvalue weighted by atomic mass is 16.5. The highest BCUT2D eigenvalue weighted by molar-refractivity contribution is 5.09. The third kappa shape index (κ3) is 2.26. The summed E-state index contributed by atoms with van der Waals surface area (Å²) < 4.78 is 5.39. The van der Waals surface area contributed by atoms with E-state index in [0.29, 0.717) is 12.4 Å². The minimum absolute atomic E-state index is 0.0798. The van der Waals surface area contributed by atoms with Gasteiger partial charge in [0.1, 0.15) is 0 Å². The van der Waals surface area contributed by atoms with E-state index in [1.54, 1.807) is 0 Å². The number of nitrogens with two attached hydrogens (primary N) is 1. The minimum atomic E-state index is -0.156. The number of aromatic nitrogens is 2. The van der Waals surface area contributed by atoms with Crippen molar-refractivity contribution >= 4 is 0 Å². The lowest BCUT2D eigenvalue weighted by molar-refractivity contribution is 0.265. The molecule has 0 saturated carbocycles. The van der Waals surface area contributed by atoms with Crippen molar-refractivity contribution in [1.29, 1.82) is 0 Å². The predicted octanol–water partition coefficient (Wildman–Crippen LogP) is 2.38. The van der Waals surface area contributed by atoms with Crippen LogP contribution in [0.25, 0.3) is 0 Å². The van der Waals surface area contributed by atoms with Crippen molar-refractivity contribution in [2.45, 2.75) is 58.3 Å². The van der Waals surface area contributed by atoms with Crippen molar-refractivity contribution in [3.05, 3.63) is 11.7 Å². The third-order valence-electron chi connectivity index (χ3n) is 3.29. The zero-order valence-electron chi connectivity index (χ0n) is 11.0. The predicted molar refractivity (Wildman–Crippen MR) is 64.3 cm³/mol. The first kappa shape index (κ1) is 13.2. The first-order valence-electron chi connectivity index (χ1n) is 5.94. The largest absolute Gasteiger partial charge is 0.339 e. The van der Waals surface area contributed by atoms with Crippen LogP contribution in [0.15, 0.2) is 4.52 Å². The highest BCUT2D eigenvalue weighted by Crippen LogP contribution is 2.30. The number of hydrogen-bond acceptors (Lipinski definition) is 4. The average Bonchev–Trinajstić information content (AvgIpc) is 2.71. The maximum atomic E-state index is 5.85. The van der Waals surface area contributed by atoms with Crippen molar-refractivity contribution in [1.82, 2.24) is 10.1 Å². The van der Waals surface area contributed by atoms with Gasteiger partial charge in [-0.25, -0.2) is 0 Å². The van der Waals surface area contributed by atoms with Crippen LogP contribution in [0.5, 0.6) is 0 Å². The van der Waals surface area contributed by atoms with Gasteiger partial charge in [0, 0.05) is 12.0 Å². The Morgan fingerprint density at radius 3 is 2.06 bits per heavy atom. The van der Waals surface area contributed by atoms with Crippen LogP contribution in [0, 0.1) is 0 Å². The Morgan fingerprint density at radius 2 is 1.75 bits per heavy atom. The molecule has 0 aliphatic heterocycles. The van der Waals surface area contributed by atoms with E-state index in [2.05, 4.69) is 44.8 Å². The zero-order chi connectivity index (χ0) is 12.4. The summed E-state index contributed by atoms with van der Waals surface area (Å²) in [6, 6.07) is 0. The molecule has 0 aromatic carbocycles. The summed E-state index contributed by atoms with van der Waals surface area (Å²) in [7, 11) is 0. The van der Waals surface area contributed by atoms with Gasteiger partial charge in [-0.3, -0.25) is 0 Å². The van der Waals surface area contributed by atoms with E-state index in [0.717, 1.165) is 18.7 Å². The molecule has 0 aliphatic carbocycles. The van der Waals surface area contributed by atoms with Crippen LogP contribution in [0.2, 0.25) is 0 Å². The molecule has 1 rings (SSSR count). The lowest BCUT2D eigenvalue weighted by Gasteiger charge is -2.25. The van der Waals surface area contributed by atoms with E-state index in [9.17, 15) is 0 Å². The second-order valence-corrected chi connectivity index (χ2v) is 5.36. The van der Waals surface area contributed by atoms with Crippen LogP contribution in [0.3, 0.4) is 0 Å². The molecule has 92 valence electrons. The molecule has 0 radical (unpaired) electrons.